The van der Waals surface area contributed by atoms with Crippen LogP contribution in [0.4, 0.5) is 8.78 Å². The predicted molar refractivity (Wildman–Crippen MR) is 122 cm³/mol. The minimum Gasteiger partial charge on any atom is -0.347 e. The molecule has 9 heteroatoms. The molecule has 1 saturated carbocycles. The van der Waals surface area contributed by atoms with Gasteiger partial charge in [0, 0.05) is 47.9 Å². The van der Waals surface area contributed by atoms with Crippen LogP contribution in [0, 0.1) is 0 Å². The van der Waals surface area contributed by atoms with Crippen LogP contribution in [-0.4, -0.2) is 42.8 Å². The van der Waals surface area contributed by atoms with Gasteiger partial charge in [0.05, 0.1) is 24.5 Å². The SMILES string of the molecule is CC(Cn1ncc2cc(-c3cn[nH]c3)ccc21)NC(=O)C(C)(F)F.c1ccc(C2CC2)nc1. The zero-order chi connectivity index (χ0) is 23.4. The average molecular weight is 453 g/mol. The highest BCUT2D eigenvalue weighted by molar-refractivity contribution is 5.84. The molecule has 5 rings (SSSR count). The van der Waals surface area contributed by atoms with Crippen molar-refractivity contribution in [2.75, 3.05) is 0 Å². The fraction of sp³-hybridized carbons (Fsp3) is 0.333. The Labute approximate surface area is 190 Å². The van der Waals surface area contributed by atoms with Crippen LogP contribution in [0.2, 0.25) is 0 Å². The lowest BCUT2D eigenvalue weighted by molar-refractivity contribution is -0.143. The number of benzene rings is 1. The third-order valence-electron chi connectivity index (χ3n) is 5.38. The first-order valence-electron chi connectivity index (χ1n) is 10.9. The molecule has 4 aromatic rings. The molecule has 1 aliphatic carbocycles. The second-order valence-corrected chi connectivity index (χ2v) is 8.38. The Morgan fingerprint density at radius 3 is 2.70 bits per heavy atom. The maximum atomic E-state index is 12.9. The van der Waals surface area contributed by atoms with E-state index in [1.54, 1.807) is 30.2 Å². The molecule has 0 radical (unpaired) electrons. The van der Waals surface area contributed by atoms with E-state index in [4.69, 9.17) is 0 Å². The average Bonchev–Trinajstić information content (AvgIpc) is 3.35. The van der Waals surface area contributed by atoms with E-state index in [-0.39, 0.29) is 0 Å². The van der Waals surface area contributed by atoms with Crippen molar-refractivity contribution in [1.82, 2.24) is 30.3 Å². The Balaban J connectivity index is 0.000000238. The monoisotopic (exact) mass is 452 g/mol. The van der Waals surface area contributed by atoms with E-state index in [2.05, 4.69) is 37.7 Å². The van der Waals surface area contributed by atoms with Crippen LogP contribution in [-0.2, 0) is 11.3 Å². The number of aromatic nitrogens is 5. The van der Waals surface area contributed by atoms with Gasteiger partial charge in [0.1, 0.15) is 0 Å². The van der Waals surface area contributed by atoms with Gasteiger partial charge in [-0.2, -0.15) is 19.0 Å². The van der Waals surface area contributed by atoms with Gasteiger partial charge in [-0.1, -0.05) is 12.1 Å². The number of alkyl halides is 2. The van der Waals surface area contributed by atoms with Crippen molar-refractivity contribution in [2.45, 2.75) is 51.1 Å². The van der Waals surface area contributed by atoms with Gasteiger partial charge in [-0.05, 0) is 49.6 Å². The van der Waals surface area contributed by atoms with Crippen LogP contribution < -0.4 is 5.32 Å². The highest BCUT2D eigenvalue weighted by atomic mass is 19.3. The molecule has 0 aliphatic heterocycles. The zero-order valence-corrected chi connectivity index (χ0v) is 18.5. The molecule has 1 amide bonds. The van der Waals surface area contributed by atoms with Crippen LogP contribution in [0.25, 0.3) is 22.0 Å². The number of carbonyl (C=O) groups excluding carboxylic acids is 1. The topological polar surface area (TPSA) is 88.5 Å². The summed E-state index contributed by atoms with van der Waals surface area (Å²) in [5.74, 6) is -3.88. The lowest BCUT2D eigenvalue weighted by Crippen LogP contribution is -2.44. The number of aromatic amines is 1. The van der Waals surface area contributed by atoms with Gasteiger partial charge in [-0.25, -0.2) is 0 Å². The molecule has 3 aromatic heterocycles. The first-order valence-corrected chi connectivity index (χ1v) is 10.9. The molecule has 0 spiro atoms. The number of hydrogen-bond donors (Lipinski definition) is 2. The summed E-state index contributed by atoms with van der Waals surface area (Å²) in [5, 5.41) is 14.2. The number of pyridine rings is 1. The standard InChI is InChI=1S/C16H17F2N5O.C8H9N/c1-10(22-15(24)16(2,17)18)9-23-14-4-3-11(5-12(14)8-21-23)13-6-19-20-7-13;1-2-6-9-8(3-1)7-4-5-7/h3-8,10H,9H2,1-2H3,(H,19,20)(H,22,24);1-3,6-7H,4-5H2. The normalized spacial score (nSPS) is 14.4. The summed E-state index contributed by atoms with van der Waals surface area (Å²) in [7, 11) is 0. The quantitative estimate of drug-likeness (QED) is 0.449. The van der Waals surface area contributed by atoms with Crippen LogP contribution in [0.3, 0.4) is 0 Å². The number of amides is 1. The molecule has 3 heterocycles. The lowest BCUT2D eigenvalue weighted by Gasteiger charge is -2.17. The van der Waals surface area contributed by atoms with Crippen molar-refractivity contribution in [3.8, 4) is 11.1 Å². The smallest absolute Gasteiger partial charge is 0.321 e. The second kappa shape index (κ2) is 9.48. The minimum absolute atomic E-state index is 0.302. The van der Waals surface area contributed by atoms with E-state index in [1.165, 1.54) is 18.5 Å². The summed E-state index contributed by atoms with van der Waals surface area (Å²) in [4.78, 5) is 15.6. The van der Waals surface area contributed by atoms with Gasteiger partial charge in [0.25, 0.3) is 5.91 Å². The van der Waals surface area contributed by atoms with Crippen molar-refractivity contribution in [2.24, 2.45) is 0 Å². The van der Waals surface area contributed by atoms with Crippen molar-refractivity contribution in [3.63, 3.8) is 0 Å². The maximum absolute atomic E-state index is 12.9. The Kier molecular flexibility index (Phi) is 6.48. The lowest BCUT2D eigenvalue weighted by atomic mass is 10.1. The first kappa shape index (κ1) is 22.6. The number of hydrogen-bond acceptors (Lipinski definition) is 4. The van der Waals surface area contributed by atoms with Gasteiger partial charge in [-0.3, -0.25) is 19.6 Å². The van der Waals surface area contributed by atoms with Gasteiger partial charge in [-0.15, -0.1) is 0 Å². The number of rotatable bonds is 6. The molecule has 7 nitrogen and oxygen atoms in total. The molecule has 1 aliphatic rings. The fourth-order valence-corrected chi connectivity index (χ4v) is 3.47. The summed E-state index contributed by atoms with van der Waals surface area (Å²) < 4.78 is 27.6. The van der Waals surface area contributed by atoms with E-state index in [0.29, 0.717) is 13.5 Å². The summed E-state index contributed by atoms with van der Waals surface area (Å²) in [5.41, 5.74) is 4.11. The van der Waals surface area contributed by atoms with Crippen molar-refractivity contribution < 1.29 is 13.6 Å². The van der Waals surface area contributed by atoms with E-state index in [1.807, 2.05) is 30.5 Å². The summed E-state index contributed by atoms with van der Waals surface area (Å²) in [6.45, 7) is 2.54. The number of fused-ring (bicyclic) bond motifs is 1. The van der Waals surface area contributed by atoms with Crippen LogP contribution in [0.15, 0.2) is 61.2 Å². The molecule has 0 saturated heterocycles. The minimum atomic E-state index is -3.39. The highest BCUT2D eigenvalue weighted by Gasteiger charge is 2.33. The molecule has 1 atom stereocenters. The number of nitrogens with zero attached hydrogens (tertiary/aromatic N) is 4. The van der Waals surface area contributed by atoms with Gasteiger partial charge >= 0.3 is 5.92 Å². The molecule has 2 N–H and O–H groups in total. The summed E-state index contributed by atoms with van der Waals surface area (Å²) in [6.07, 6.45) is 9.80. The Hall–Kier alpha value is -3.62. The fourth-order valence-electron chi connectivity index (χ4n) is 3.47. The van der Waals surface area contributed by atoms with Crippen molar-refractivity contribution in [1.29, 1.82) is 0 Å². The highest BCUT2D eigenvalue weighted by Crippen LogP contribution is 2.38. The molecule has 172 valence electrons. The molecule has 33 heavy (non-hydrogen) atoms. The molecular weight excluding hydrogens is 426 g/mol. The predicted octanol–water partition coefficient (Wildman–Crippen LogP) is 4.55. The molecule has 1 aromatic carbocycles. The third kappa shape index (κ3) is 5.79. The Morgan fingerprint density at radius 2 is 2.06 bits per heavy atom. The van der Waals surface area contributed by atoms with Crippen molar-refractivity contribution >= 4 is 16.8 Å². The molecule has 1 unspecified atom stereocenters. The largest absolute Gasteiger partial charge is 0.347 e. The van der Waals surface area contributed by atoms with Gasteiger partial charge in [0.2, 0.25) is 0 Å². The Morgan fingerprint density at radius 1 is 1.24 bits per heavy atom. The molecular formula is C24H26F2N6O. The Bertz CT molecular complexity index is 1200. The number of nitrogens with one attached hydrogen (secondary N) is 2. The summed E-state index contributed by atoms with van der Waals surface area (Å²) in [6, 6.07) is 11.5. The number of halogens is 2. The van der Waals surface area contributed by atoms with E-state index >= 15 is 0 Å². The van der Waals surface area contributed by atoms with Gasteiger partial charge in [0.15, 0.2) is 0 Å². The second-order valence-electron chi connectivity index (χ2n) is 8.38. The zero-order valence-electron chi connectivity index (χ0n) is 18.5. The maximum Gasteiger partial charge on any atom is 0.321 e. The van der Waals surface area contributed by atoms with Crippen LogP contribution in [0.5, 0.6) is 0 Å². The first-order chi connectivity index (χ1) is 15.8. The van der Waals surface area contributed by atoms with E-state index in [9.17, 15) is 13.6 Å². The van der Waals surface area contributed by atoms with Crippen LogP contribution in [0.1, 0.15) is 38.3 Å². The molecule has 1 fully saturated rings. The number of H-pyrrole nitrogens is 1. The van der Waals surface area contributed by atoms with Crippen molar-refractivity contribution in [3.05, 3.63) is 66.9 Å². The molecule has 0 bridgehead atoms. The van der Waals surface area contributed by atoms with Crippen LogP contribution >= 0.6 is 0 Å². The van der Waals surface area contributed by atoms with E-state index < -0.39 is 17.9 Å². The van der Waals surface area contributed by atoms with E-state index in [0.717, 1.165) is 27.9 Å². The van der Waals surface area contributed by atoms with Gasteiger partial charge < -0.3 is 5.32 Å². The third-order valence-corrected chi connectivity index (χ3v) is 5.38. The number of carbonyl (C=O) groups is 1. The summed E-state index contributed by atoms with van der Waals surface area (Å²) >= 11 is 0.